The number of benzene rings is 1. The second-order valence-corrected chi connectivity index (χ2v) is 9.50. The second-order valence-electron chi connectivity index (χ2n) is 8.71. The minimum atomic E-state index is -0.762. The van der Waals surface area contributed by atoms with E-state index in [-0.39, 0.29) is 36.4 Å². The molecule has 9 heteroatoms. The van der Waals surface area contributed by atoms with Gasteiger partial charge in [0.1, 0.15) is 6.04 Å². The van der Waals surface area contributed by atoms with Gasteiger partial charge >= 0.3 is 0 Å². The number of ketones is 1. The van der Waals surface area contributed by atoms with E-state index in [9.17, 15) is 19.6 Å². The lowest BCUT2D eigenvalue weighted by Gasteiger charge is -2.19. The van der Waals surface area contributed by atoms with E-state index in [2.05, 4.69) is 21.7 Å². The molecule has 3 N–H and O–H groups in total. The summed E-state index contributed by atoms with van der Waals surface area (Å²) >= 11 is 12.3. The molecular weight excluding hydrogens is 451 g/mol. The number of nitrogens with one attached hydrogen (secondary N) is 3. The Morgan fingerprint density at radius 2 is 2.00 bits per heavy atom. The molecule has 2 aliphatic rings. The fourth-order valence-corrected chi connectivity index (χ4v) is 4.64. The van der Waals surface area contributed by atoms with Gasteiger partial charge in [0.15, 0.2) is 5.78 Å². The van der Waals surface area contributed by atoms with Crippen LogP contribution in [0.15, 0.2) is 18.2 Å². The van der Waals surface area contributed by atoms with Crippen molar-refractivity contribution < 1.29 is 14.4 Å². The van der Waals surface area contributed by atoms with Crippen LogP contribution in [0.4, 0.5) is 0 Å². The number of hydrogen-bond donors (Lipinski definition) is 3. The molecule has 1 saturated carbocycles. The molecule has 1 aromatic carbocycles. The minimum Gasteiger partial charge on any atom is -0.356 e. The van der Waals surface area contributed by atoms with Gasteiger partial charge in [0.25, 0.3) is 0 Å². The molecule has 2 heterocycles. The Bertz CT molecular complexity index is 1100. The molecule has 2 aromatic rings. The number of Topliss-reactive ketones (excluding diaryl/α,β-unsaturated/α-hetero) is 1. The first-order chi connectivity index (χ1) is 15.4. The van der Waals surface area contributed by atoms with Crippen LogP contribution in [0.1, 0.15) is 49.0 Å². The zero-order chi connectivity index (χ0) is 22.8. The van der Waals surface area contributed by atoms with Crippen molar-refractivity contribution in [2.45, 2.75) is 44.6 Å². The number of amides is 2. The third-order valence-corrected chi connectivity index (χ3v) is 7.08. The lowest BCUT2D eigenvalue weighted by Crippen LogP contribution is -2.40. The van der Waals surface area contributed by atoms with E-state index >= 15 is 0 Å². The molecule has 1 unspecified atom stereocenters. The highest BCUT2D eigenvalue weighted by molar-refractivity contribution is 6.45. The molecule has 0 radical (unpaired) electrons. The third kappa shape index (κ3) is 5.08. The maximum atomic E-state index is 13.0. The molecule has 4 rings (SSSR count). The SMILES string of the molecule is N#C[C@H](CC1CCNC1=O)NC(=O)[C@@H](CC(=O)c1cc2c(Cl)c(Cl)ccc2[nH]1)CC1CC1. The van der Waals surface area contributed by atoms with E-state index < -0.39 is 12.0 Å². The lowest BCUT2D eigenvalue weighted by atomic mass is 9.93. The number of H-pyrrole nitrogens is 1. The lowest BCUT2D eigenvalue weighted by molar-refractivity contribution is -0.127. The molecule has 168 valence electrons. The van der Waals surface area contributed by atoms with Gasteiger partial charge < -0.3 is 15.6 Å². The van der Waals surface area contributed by atoms with E-state index in [4.69, 9.17) is 23.2 Å². The Morgan fingerprint density at radius 1 is 1.22 bits per heavy atom. The zero-order valence-corrected chi connectivity index (χ0v) is 18.9. The van der Waals surface area contributed by atoms with Crippen molar-refractivity contribution in [2.75, 3.05) is 6.54 Å². The molecule has 1 aromatic heterocycles. The summed E-state index contributed by atoms with van der Waals surface area (Å²) in [5, 5.41) is 16.4. The number of nitriles is 1. The van der Waals surface area contributed by atoms with Crippen LogP contribution in [0.3, 0.4) is 0 Å². The molecule has 32 heavy (non-hydrogen) atoms. The van der Waals surface area contributed by atoms with Gasteiger partial charge in [-0.1, -0.05) is 36.0 Å². The summed E-state index contributed by atoms with van der Waals surface area (Å²) in [6, 6.07) is 6.40. The van der Waals surface area contributed by atoms with Crippen LogP contribution in [-0.2, 0) is 9.59 Å². The van der Waals surface area contributed by atoms with Crippen LogP contribution in [0.25, 0.3) is 10.9 Å². The van der Waals surface area contributed by atoms with Gasteiger partial charge in [0.2, 0.25) is 11.8 Å². The molecule has 1 saturated heterocycles. The van der Waals surface area contributed by atoms with Crippen LogP contribution in [0, 0.1) is 29.1 Å². The van der Waals surface area contributed by atoms with Crippen molar-refractivity contribution in [1.29, 1.82) is 5.26 Å². The summed E-state index contributed by atoms with van der Waals surface area (Å²) in [5.74, 6) is -0.970. The summed E-state index contributed by atoms with van der Waals surface area (Å²) in [5.41, 5.74) is 1.07. The van der Waals surface area contributed by atoms with Crippen molar-refractivity contribution in [1.82, 2.24) is 15.6 Å². The monoisotopic (exact) mass is 474 g/mol. The fourth-order valence-electron chi connectivity index (χ4n) is 4.25. The first kappa shape index (κ1) is 22.6. The van der Waals surface area contributed by atoms with Gasteiger partial charge in [-0.15, -0.1) is 0 Å². The molecular formula is C23H24Cl2N4O3. The fraction of sp³-hybridized carbons (Fsp3) is 0.478. The molecule has 2 fully saturated rings. The van der Waals surface area contributed by atoms with Crippen molar-refractivity contribution in [3.8, 4) is 6.07 Å². The molecule has 1 aliphatic heterocycles. The van der Waals surface area contributed by atoms with Gasteiger partial charge in [0, 0.05) is 35.7 Å². The first-order valence-electron chi connectivity index (χ1n) is 10.8. The quantitative estimate of drug-likeness (QED) is 0.476. The van der Waals surface area contributed by atoms with Gasteiger partial charge in [-0.25, -0.2) is 0 Å². The number of fused-ring (bicyclic) bond motifs is 1. The molecule has 2 amide bonds. The maximum absolute atomic E-state index is 13.0. The average Bonchev–Trinajstić information content (AvgIpc) is 3.33. The van der Waals surface area contributed by atoms with E-state index in [0.717, 1.165) is 12.8 Å². The van der Waals surface area contributed by atoms with Crippen LogP contribution in [-0.4, -0.2) is 35.2 Å². The number of aromatic nitrogens is 1. The number of rotatable bonds is 9. The van der Waals surface area contributed by atoms with Crippen molar-refractivity contribution in [3.63, 3.8) is 0 Å². The van der Waals surface area contributed by atoms with Crippen molar-refractivity contribution in [3.05, 3.63) is 33.9 Å². The Labute approximate surface area is 195 Å². The predicted octanol–water partition coefficient (Wildman–Crippen LogP) is 4.00. The van der Waals surface area contributed by atoms with Crippen LogP contribution >= 0.6 is 23.2 Å². The number of hydrogen-bond acceptors (Lipinski definition) is 4. The third-order valence-electron chi connectivity index (χ3n) is 6.26. The molecule has 7 nitrogen and oxygen atoms in total. The number of aromatic amines is 1. The Kier molecular flexibility index (Phi) is 6.73. The number of carbonyl (C=O) groups is 3. The zero-order valence-electron chi connectivity index (χ0n) is 17.4. The summed E-state index contributed by atoms with van der Waals surface area (Å²) in [6.07, 6.45) is 3.66. The summed E-state index contributed by atoms with van der Waals surface area (Å²) in [7, 11) is 0. The molecule has 3 atom stereocenters. The highest BCUT2D eigenvalue weighted by Crippen LogP contribution is 2.37. The number of carbonyl (C=O) groups excluding carboxylic acids is 3. The topological polar surface area (TPSA) is 115 Å². The number of nitrogens with zero attached hydrogens (tertiary/aromatic N) is 1. The Morgan fingerprint density at radius 3 is 2.66 bits per heavy atom. The van der Waals surface area contributed by atoms with E-state index in [1.807, 2.05) is 0 Å². The van der Waals surface area contributed by atoms with Crippen LogP contribution in [0.2, 0.25) is 10.0 Å². The van der Waals surface area contributed by atoms with Crippen LogP contribution in [0.5, 0.6) is 0 Å². The van der Waals surface area contributed by atoms with Gasteiger partial charge in [0.05, 0.1) is 21.8 Å². The van der Waals surface area contributed by atoms with Gasteiger partial charge in [-0.05, 0) is 43.4 Å². The Hall–Kier alpha value is -2.56. The Balaban J connectivity index is 1.45. The largest absolute Gasteiger partial charge is 0.356 e. The first-order valence-corrected chi connectivity index (χ1v) is 11.6. The molecule has 0 bridgehead atoms. The van der Waals surface area contributed by atoms with Crippen molar-refractivity contribution in [2.24, 2.45) is 17.8 Å². The van der Waals surface area contributed by atoms with E-state index in [1.54, 1.807) is 18.2 Å². The average molecular weight is 475 g/mol. The normalized spacial score (nSPS) is 19.9. The number of halogens is 2. The summed E-state index contributed by atoms with van der Waals surface area (Å²) in [4.78, 5) is 40.9. The van der Waals surface area contributed by atoms with Crippen LogP contribution < -0.4 is 10.6 Å². The summed E-state index contributed by atoms with van der Waals surface area (Å²) in [6.45, 7) is 0.591. The van der Waals surface area contributed by atoms with Gasteiger partial charge in [-0.3, -0.25) is 14.4 Å². The predicted molar refractivity (Wildman–Crippen MR) is 121 cm³/mol. The second kappa shape index (κ2) is 9.51. The minimum absolute atomic E-state index is 0.0303. The van der Waals surface area contributed by atoms with E-state index in [1.165, 1.54) is 0 Å². The standard InChI is InChI=1S/C23H24Cl2N4O3/c24-17-3-4-18-16(21(17)25)10-19(29-18)20(30)9-14(7-12-1-2-12)23(32)28-15(11-26)8-13-5-6-27-22(13)31/h3-4,10,12-15,29H,1-2,5-9H2,(H,27,31)(H,28,32)/t13?,14-,15+/m1/s1. The highest BCUT2D eigenvalue weighted by Gasteiger charge is 2.33. The maximum Gasteiger partial charge on any atom is 0.224 e. The van der Waals surface area contributed by atoms with Crippen molar-refractivity contribution >= 4 is 51.7 Å². The summed E-state index contributed by atoms with van der Waals surface area (Å²) < 4.78 is 0. The molecule has 1 aliphatic carbocycles. The van der Waals surface area contributed by atoms with Gasteiger partial charge in [-0.2, -0.15) is 5.26 Å². The smallest absolute Gasteiger partial charge is 0.224 e. The van der Waals surface area contributed by atoms with E-state index in [0.29, 0.717) is 51.9 Å². The highest BCUT2D eigenvalue weighted by atomic mass is 35.5. The molecule has 0 spiro atoms.